The number of benzene rings is 2. The summed E-state index contributed by atoms with van der Waals surface area (Å²) in [5.41, 5.74) is 3.60. The third kappa shape index (κ3) is 3.36. The monoisotopic (exact) mass is 338 g/mol. The first kappa shape index (κ1) is 17.0. The van der Waals surface area contributed by atoms with E-state index in [0.717, 1.165) is 22.6 Å². The van der Waals surface area contributed by atoms with Crippen LogP contribution in [0.1, 0.15) is 24.5 Å². The van der Waals surface area contributed by atoms with Crippen LogP contribution in [0.4, 0.5) is 11.4 Å². The number of carbonyl (C=O) groups is 2. The van der Waals surface area contributed by atoms with E-state index >= 15 is 0 Å². The fraction of sp³-hybridized carbons (Fsp3) is 0.300. The van der Waals surface area contributed by atoms with E-state index in [9.17, 15) is 9.59 Å². The maximum atomic E-state index is 12.8. The number of anilines is 2. The van der Waals surface area contributed by atoms with Crippen LogP contribution in [-0.4, -0.2) is 24.5 Å². The molecule has 2 aromatic carbocycles. The smallest absolute Gasteiger partial charge is 0.256 e. The molecule has 130 valence electrons. The van der Waals surface area contributed by atoms with Gasteiger partial charge in [0.1, 0.15) is 11.8 Å². The second-order valence-electron chi connectivity index (χ2n) is 6.16. The van der Waals surface area contributed by atoms with Crippen LogP contribution in [0.3, 0.4) is 0 Å². The van der Waals surface area contributed by atoms with Crippen molar-refractivity contribution in [3.63, 3.8) is 0 Å². The lowest BCUT2D eigenvalue weighted by Crippen LogP contribution is -2.35. The van der Waals surface area contributed by atoms with Crippen molar-refractivity contribution < 1.29 is 14.3 Å². The van der Waals surface area contributed by atoms with Gasteiger partial charge in [0.25, 0.3) is 5.91 Å². The minimum absolute atomic E-state index is 0.153. The molecule has 1 N–H and O–H groups in total. The summed E-state index contributed by atoms with van der Waals surface area (Å²) in [4.78, 5) is 26.4. The maximum absolute atomic E-state index is 12.8. The summed E-state index contributed by atoms with van der Waals surface area (Å²) >= 11 is 0. The molecular formula is C20H22N2O3. The van der Waals surface area contributed by atoms with Gasteiger partial charge in [-0.25, -0.2) is 4.90 Å². The molecule has 5 nitrogen and oxygen atoms in total. The molecule has 0 bridgehead atoms. The summed E-state index contributed by atoms with van der Waals surface area (Å²) < 4.78 is 5.40. The summed E-state index contributed by atoms with van der Waals surface area (Å²) in [5.74, 6) is 0.297. The maximum Gasteiger partial charge on any atom is 0.256 e. The lowest BCUT2D eigenvalue weighted by molar-refractivity contribution is -0.121. The van der Waals surface area contributed by atoms with E-state index in [1.54, 1.807) is 24.3 Å². The van der Waals surface area contributed by atoms with Gasteiger partial charge < -0.3 is 10.1 Å². The molecule has 0 unspecified atom stereocenters. The molecule has 0 aliphatic carbocycles. The Morgan fingerprint density at radius 2 is 1.72 bits per heavy atom. The molecule has 0 saturated carbocycles. The highest BCUT2D eigenvalue weighted by molar-refractivity contribution is 6.23. The predicted octanol–water partition coefficient (Wildman–Crippen LogP) is 3.45. The Hall–Kier alpha value is -2.82. The summed E-state index contributed by atoms with van der Waals surface area (Å²) in [6.07, 6.45) is 0.153. The van der Waals surface area contributed by atoms with Crippen LogP contribution in [-0.2, 0) is 9.59 Å². The van der Waals surface area contributed by atoms with E-state index in [4.69, 9.17) is 4.74 Å². The first-order valence-corrected chi connectivity index (χ1v) is 8.43. The minimum atomic E-state index is -0.543. The predicted molar refractivity (Wildman–Crippen MR) is 98.0 cm³/mol. The summed E-state index contributed by atoms with van der Waals surface area (Å²) in [6.45, 7) is 6.45. The summed E-state index contributed by atoms with van der Waals surface area (Å²) in [5, 5.41) is 3.25. The van der Waals surface area contributed by atoms with Crippen LogP contribution < -0.4 is 15.0 Å². The first-order valence-electron chi connectivity index (χ1n) is 8.43. The zero-order valence-corrected chi connectivity index (χ0v) is 14.7. The van der Waals surface area contributed by atoms with Gasteiger partial charge in [0.15, 0.2) is 0 Å². The number of rotatable bonds is 5. The number of imide groups is 1. The van der Waals surface area contributed by atoms with E-state index in [2.05, 4.69) is 5.32 Å². The lowest BCUT2D eigenvalue weighted by Gasteiger charge is -2.18. The molecular weight excluding hydrogens is 316 g/mol. The van der Waals surface area contributed by atoms with E-state index in [0.29, 0.717) is 12.3 Å². The Morgan fingerprint density at radius 1 is 1.08 bits per heavy atom. The van der Waals surface area contributed by atoms with Crippen LogP contribution in [0.2, 0.25) is 0 Å². The molecule has 1 aliphatic heterocycles. The molecule has 1 saturated heterocycles. The van der Waals surface area contributed by atoms with Gasteiger partial charge in [-0.3, -0.25) is 9.59 Å². The number of para-hydroxylation sites is 1. The van der Waals surface area contributed by atoms with E-state index in [1.807, 2.05) is 39.0 Å². The highest BCUT2D eigenvalue weighted by atomic mass is 16.5. The number of ether oxygens (including phenoxy) is 1. The van der Waals surface area contributed by atoms with Crippen molar-refractivity contribution in [1.29, 1.82) is 0 Å². The van der Waals surface area contributed by atoms with Crippen molar-refractivity contribution in [1.82, 2.24) is 0 Å². The molecule has 3 rings (SSSR count). The number of nitrogens with zero attached hydrogens (tertiary/aromatic N) is 1. The van der Waals surface area contributed by atoms with Crippen molar-refractivity contribution in [2.24, 2.45) is 0 Å². The third-order valence-electron chi connectivity index (χ3n) is 4.35. The Balaban J connectivity index is 1.80. The van der Waals surface area contributed by atoms with Gasteiger partial charge >= 0.3 is 0 Å². The zero-order chi connectivity index (χ0) is 18.0. The van der Waals surface area contributed by atoms with E-state index in [-0.39, 0.29) is 18.2 Å². The third-order valence-corrected chi connectivity index (χ3v) is 4.35. The Kier molecular flexibility index (Phi) is 4.74. The SMILES string of the molecule is CCOc1ccc(N2C(=O)C[C@H](Nc3c(C)cccc3C)C2=O)cc1. The molecule has 0 aromatic heterocycles. The number of aryl methyl sites for hydroxylation is 2. The Bertz CT molecular complexity index is 779. The zero-order valence-electron chi connectivity index (χ0n) is 14.7. The number of hydrogen-bond acceptors (Lipinski definition) is 4. The molecule has 1 aliphatic rings. The quantitative estimate of drug-likeness (QED) is 0.849. The molecule has 0 radical (unpaired) electrons. The fourth-order valence-electron chi connectivity index (χ4n) is 3.09. The standard InChI is InChI=1S/C20H22N2O3/c1-4-25-16-10-8-15(9-11-16)22-18(23)12-17(20(22)24)21-19-13(2)6-5-7-14(19)3/h5-11,17,21H,4,12H2,1-3H3/t17-/m0/s1. The van der Waals surface area contributed by atoms with Crippen LogP contribution in [0.25, 0.3) is 0 Å². The van der Waals surface area contributed by atoms with Gasteiger partial charge in [-0.05, 0) is 56.2 Å². The van der Waals surface area contributed by atoms with Crippen molar-refractivity contribution in [3.05, 3.63) is 53.6 Å². The number of hydrogen-bond donors (Lipinski definition) is 1. The van der Waals surface area contributed by atoms with Crippen molar-refractivity contribution in [2.45, 2.75) is 33.2 Å². The van der Waals surface area contributed by atoms with Crippen molar-refractivity contribution in [3.8, 4) is 5.75 Å². The Labute approximate surface area is 147 Å². The summed E-state index contributed by atoms with van der Waals surface area (Å²) in [6, 6.07) is 12.4. The molecule has 1 fully saturated rings. The second-order valence-corrected chi connectivity index (χ2v) is 6.16. The molecule has 25 heavy (non-hydrogen) atoms. The van der Waals surface area contributed by atoms with Gasteiger partial charge in [-0.15, -0.1) is 0 Å². The van der Waals surface area contributed by atoms with Gasteiger partial charge in [0.2, 0.25) is 5.91 Å². The summed E-state index contributed by atoms with van der Waals surface area (Å²) in [7, 11) is 0. The molecule has 2 amide bonds. The van der Waals surface area contributed by atoms with Crippen LogP contribution in [0.15, 0.2) is 42.5 Å². The molecule has 5 heteroatoms. The van der Waals surface area contributed by atoms with Gasteiger partial charge in [-0.1, -0.05) is 18.2 Å². The lowest BCUT2D eigenvalue weighted by atomic mass is 10.1. The number of carbonyl (C=O) groups excluding carboxylic acids is 2. The molecule has 1 heterocycles. The van der Waals surface area contributed by atoms with E-state index < -0.39 is 6.04 Å². The van der Waals surface area contributed by atoms with Gasteiger partial charge in [0.05, 0.1) is 18.7 Å². The second kappa shape index (κ2) is 6.97. The van der Waals surface area contributed by atoms with Crippen molar-refractivity contribution >= 4 is 23.2 Å². The molecule has 1 atom stereocenters. The highest BCUT2D eigenvalue weighted by Gasteiger charge is 2.39. The first-order chi connectivity index (χ1) is 12.0. The highest BCUT2D eigenvalue weighted by Crippen LogP contribution is 2.28. The van der Waals surface area contributed by atoms with Crippen molar-refractivity contribution in [2.75, 3.05) is 16.8 Å². The average Bonchev–Trinajstić information content (AvgIpc) is 2.86. The molecule has 0 spiro atoms. The Morgan fingerprint density at radius 3 is 2.32 bits per heavy atom. The number of nitrogens with one attached hydrogen (secondary N) is 1. The normalized spacial score (nSPS) is 17.1. The van der Waals surface area contributed by atoms with Crippen LogP contribution in [0.5, 0.6) is 5.75 Å². The van der Waals surface area contributed by atoms with Gasteiger partial charge in [-0.2, -0.15) is 0 Å². The minimum Gasteiger partial charge on any atom is -0.494 e. The van der Waals surface area contributed by atoms with Crippen LogP contribution >= 0.6 is 0 Å². The molecule has 2 aromatic rings. The van der Waals surface area contributed by atoms with Gasteiger partial charge in [0, 0.05) is 5.69 Å². The topological polar surface area (TPSA) is 58.6 Å². The largest absolute Gasteiger partial charge is 0.494 e. The van der Waals surface area contributed by atoms with Crippen LogP contribution in [0, 0.1) is 13.8 Å². The fourth-order valence-corrected chi connectivity index (χ4v) is 3.09. The van der Waals surface area contributed by atoms with E-state index in [1.165, 1.54) is 4.90 Å². The average molecular weight is 338 g/mol. The number of amides is 2.